The summed E-state index contributed by atoms with van der Waals surface area (Å²) in [4.78, 5) is 39.8. The van der Waals surface area contributed by atoms with Gasteiger partial charge < -0.3 is 20.9 Å². The minimum absolute atomic E-state index is 0.106. The smallest absolute Gasteiger partial charge is 0.319 e. The number of anilines is 3. The zero-order valence-corrected chi connectivity index (χ0v) is 19.7. The Labute approximate surface area is 209 Å². The Morgan fingerprint density at radius 1 is 0.889 bits per heavy atom. The van der Waals surface area contributed by atoms with Gasteiger partial charge in [-0.05, 0) is 66.9 Å². The van der Waals surface area contributed by atoms with E-state index < -0.39 is 12.1 Å². The zero-order valence-electron chi connectivity index (χ0n) is 19.7. The van der Waals surface area contributed by atoms with Gasteiger partial charge in [-0.15, -0.1) is 0 Å². The zero-order chi connectivity index (χ0) is 25.3. The largest absolute Gasteiger partial charge is 0.326 e. The average Bonchev–Trinajstić information content (AvgIpc) is 2.90. The maximum absolute atomic E-state index is 13.2. The second-order valence-corrected chi connectivity index (χ2v) is 8.57. The second kappa shape index (κ2) is 11.7. The van der Waals surface area contributed by atoms with Crippen molar-refractivity contribution in [1.29, 1.82) is 5.26 Å². The SMILES string of the molecule is N#Cc1ccc(CC(NC(=O)Nc2ccccc2)C(=O)Nc2ccc(N3CCCCC3=O)cc2)cc1. The molecule has 0 radical (unpaired) electrons. The predicted molar refractivity (Wildman–Crippen MR) is 139 cm³/mol. The molecule has 1 unspecified atom stereocenters. The van der Waals surface area contributed by atoms with Crippen molar-refractivity contribution in [1.82, 2.24) is 5.32 Å². The van der Waals surface area contributed by atoms with Crippen LogP contribution >= 0.6 is 0 Å². The first-order valence-electron chi connectivity index (χ1n) is 11.8. The lowest BCUT2D eigenvalue weighted by Gasteiger charge is -2.27. The molecule has 3 aromatic carbocycles. The molecule has 4 amide bonds. The highest BCUT2D eigenvalue weighted by Gasteiger charge is 2.23. The number of amides is 4. The average molecular weight is 482 g/mol. The van der Waals surface area contributed by atoms with Crippen LogP contribution in [0.15, 0.2) is 78.9 Å². The molecule has 3 N–H and O–H groups in total. The topological polar surface area (TPSA) is 114 Å². The van der Waals surface area contributed by atoms with Gasteiger partial charge in [0.15, 0.2) is 0 Å². The standard InChI is InChI=1S/C28H27N5O3/c29-19-21-11-9-20(10-12-21)18-25(32-28(36)31-22-6-2-1-3-7-22)27(35)30-23-13-15-24(16-14-23)33-17-5-4-8-26(33)34/h1-3,6-7,9-16,25H,4-5,8,17-18H2,(H,30,35)(H2,31,32,36). The summed E-state index contributed by atoms with van der Waals surface area (Å²) in [6.07, 6.45) is 2.67. The lowest BCUT2D eigenvalue weighted by atomic mass is 10.0. The molecule has 8 heteroatoms. The molecule has 1 atom stereocenters. The van der Waals surface area contributed by atoms with E-state index in [4.69, 9.17) is 5.26 Å². The number of nitriles is 1. The molecule has 36 heavy (non-hydrogen) atoms. The molecule has 1 aliphatic heterocycles. The highest BCUT2D eigenvalue weighted by Crippen LogP contribution is 2.23. The Hall–Kier alpha value is -4.64. The minimum atomic E-state index is -0.870. The van der Waals surface area contributed by atoms with E-state index in [1.54, 1.807) is 65.6 Å². The summed E-state index contributed by atoms with van der Waals surface area (Å²) in [5.41, 5.74) is 3.28. The maximum atomic E-state index is 13.2. The summed E-state index contributed by atoms with van der Waals surface area (Å²) in [6.45, 7) is 0.692. The second-order valence-electron chi connectivity index (χ2n) is 8.57. The van der Waals surface area contributed by atoms with Gasteiger partial charge in [-0.3, -0.25) is 9.59 Å². The van der Waals surface area contributed by atoms with Crippen LogP contribution < -0.4 is 20.9 Å². The molecule has 0 saturated carbocycles. The Balaban J connectivity index is 1.46. The fraction of sp³-hybridized carbons (Fsp3) is 0.214. The van der Waals surface area contributed by atoms with Crippen LogP contribution in [0.3, 0.4) is 0 Å². The first-order chi connectivity index (χ1) is 17.5. The first-order valence-corrected chi connectivity index (χ1v) is 11.8. The van der Waals surface area contributed by atoms with Crippen molar-refractivity contribution in [2.75, 3.05) is 22.1 Å². The van der Waals surface area contributed by atoms with Crippen molar-refractivity contribution < 1.29 is 14.4 Å². The van der Waals surface area contributed by atoms with Gasteiger partial charge >= 0.3 is 6.03 Å². The number of benzene rings is 3. The molecule has 8 nitrogen and oxygen atoms in total. The number of rotatable bonds is 7. The van der Waals surface area contributed by atoms with Crippen molar-refractivity contribution >= 4 is 34.9 Å². The number of nitrogens with one attached hydrogen (secondary N) is 3. The number of hydrogen-bond donors (Lipinski definition) is 3. The van der Waals surface area contributed by atoms with Gasteiger partial charge in [0.1, 0.15) is 6.04 Å². The fourth-order valence-corrected chi connectivity index (χ4v) is 4.04. The molecule has 0 aromatic heterocycles. The van der Waals surface area contributed by atoms with Crippen LogP contribution in [0, 0.1) is 11.3 Å². The molecule has 0 spiro atoms. The number of urea groups is 1. The van der Waals surface area contributed by atoms with E-state index in [-0.39, 0.29) is 18.2 Å². The molecule has 1 saturated heterocycles. The van der Waals surface area contributed by atoms with Crippen molar-refractivity contribution in [3.8, 4) is 6.07 Å². The minimum Gasteiger partial charge on any atom is -0.326 e. The third-order valence-corrected chi connectivity index (χ3v) is 5.95. The third kappa shape index (κ3) is 6.48. The molecular formula is C28H27N5O3. The van der Waals surface area contributed by atoms with Crippen molar-refractivity contribution in [3.63, 3.8) is 0 Å². The van der Waals surface area contributed by atoms with E-state index in [1.165, 1.54) is 0 Å². The van der Waals surface area contributed by atoms with Gasteiger partial charge in [0, 0.05) is 36.4 Å². The summed E-state index contributed by atoms with van der Waals surface area (Å²) < 4.78 is 0. The Kier molecular flexibility index (Phi) is 7.94. The lowest BCUT2D eigenvalue weighted by Crippen LogP contribution is -2.46. The van der Waals surface area contributed by atoms with Crippen LogP contribution in [0.1, 0.15) is 30.4 Å². The van der Waals surface area contributed by atoms with Gasteiger partial charge in [0.25, 0.3) is 0 Å². The van der Waals surface area contributed by atoms with E-state index in [9.17, 15) is 14.4 Å². The summed E-state index contributed by atoms with van der Waals surface area (Å²) in [7, 11) is 0. The van der Waals surface area contributed by atoms with E-state index in [2.05, 4.69) is 22.0 Å². The van der Waals surface area contributed by atoms with Gasteiger partial charge in [0.05, 0.1) is 11.6 Å². The molecule has 3 aromatic rings. The number of carbonyl (C=O) groups excluding carboxylic acids is 3. The molecule has 0 aliphatic carbocycles. The quantitative estimate of drug-likeness (QED) is 0.463. The molecule has 0 bridgehead atoms. The molecular weight excluding hydrogens is 454 g/mol. The predicted octanol–water partition coefficient (Wildman–Crippen LogP) is 4.45. The number of piperidine rings is 1. The molecule has 182 valence electrons. The molecule has 1 fully saturated rings. The number of hydrogen-bond acceptors (Lipinski definition) is 4. The van der Waals surface area contributed by atoms with Crippen LogP contribution in [0.2, 0.25) is 0 Å². The highest BCUT2D eigenvalue weighted by atomic mass is 16.2. The number of para-hydroxylation sites is 1. The van der Waals surface area contributed by atoms with Gasteiger partial charge in [0.2, 0.25) is 11.8 Å². The van der Waals surface area contributed by atoms with Crippen molar-refractivity contribution in [2.24, 2.45) is 0 Å². The highest BCUT2D eigenvalue weighted by molar-refractivity contribution is 6.00. The van der Waals surface area contributed by atoms with Crippen LogP contribution in [0.5, 0.6) is 0 Å². The lowest BCUT2D eigenvalue weighted by molar-refractivity contribution is -0.119. The van der Waals surface area contributed by atoms with E-state index in [0.717, 1.165) is 24.1 Å². The summed E-state index contributed by atoms with van der Waals surface area (Å²) in [5.74, 6) is -0.279. The number of carbonyl (C=O) groups is 3. The summed E-state index contributed by atoms with van der Waals surface area (Å²) in [6, 6.07) is 23.6. The van der Waals surface area contributed by atoms with Crippen LogP contribution in [-0.4, -0.2) is 30.4 Å². The fourth-order valence-electron chi connectivity index (χ4n) is 4.04. The van der Waals surface area contributed by atoms with Gasteiger partial charge in [-0.2, -0.15) is 5.26 Å². The van der Waals surface area contributed by atoms with Crippen molar-refractivity contribution in [3.05, 3.63) is 90.0 Å². The van der Waals surface area contributed by atoms with E-state index in [0.29, 0.717) is 29.9 Å². The summed E-state index contributed by atoms with van der Waals surface area (Å²) >= 11 is 0. The molecule has 1 aliphatic rings. The first kappa shape index (κ1) is 24.5. The van der Waals surface area contributed by atoms with Crippen LogP contribution in [0.4, 0.5) is 21.9 Å². The van der Waals surface area contributed by atoms with E-state index in [1.807, 2.05) is 18.2 Å². The van der Waals surface area contributed by atoms with E-state index >= 15 is 0 Å². The molecule has 1 heterocycles. The third-order valence-electron chi connectivity index (χ3n) is 5.95. The van der Waals surface area contributed by atoms with Crippen LogP contribution in [0.25, 0.3) is 0 Å². The van der Waals surface area contributed by atoms with Gasteiger partial charge in [-0.25, -0.2) is 4.79 Å². The Morgan fingerprint density at radius 2 is 1.58 bits per heavy atom. The Bertz CT molecular complexity index is 1250. The van der Waals surface area contributed by atoms with Crippen molar-refractivity contribution in [2.45, 2.75) is 31.7 Å². The number of nitrogens with zero attached hydrogens (tertiary/aromatic N) is 2. The monoisotopic (exact) mass is 481 g/mol. The maximum Gasteiger partial charge on any atom is 0.319 e. The molecule has 4 rings (SSSR count). The Morgan fingerprint density at radius 3 is 2.25 bits per heavy atom. The van der Waals surface area contributed by atoms with Gasteiger partial charge in [-0.1, -0.05) is 30.3 Å². The van der Waals surface area contributed by atoms with Crippen LogP contribution in [-0.2, 0) is 16.0 Å². The summed E-state index contributed by atoms with van der Waals surface area (Å²) in [5, 5.41) is 17.4. The normalized spacial score (nSPS) is 13.9.